The number of nitro groups is 1. The molecule has 0 atom stereocenters. The van der Waals surface area contributed by atoms with Crippen LogP contribution in [0.4, 0.5) is 5.69 Å². The van der Waals surface area contributed by atoms with Crippen LogP contribution >= 0.6 is 0 Å². The maximum absolute atomic E-state index is 10.7. The summed E-state index contributed by atoms with van der Waals surface area (Å²) in [6, 6.07) is 3.10. The van der Waals surface area contributed by atoms with Gasteiger partial charge in [-0.05, 0) is 44.9 Å². The van der Waals surface area contributed by atoms with Gasteiger partial charge in [-0.3, -0.25) is 10.1 Å². The van der Waals surface area contributed by atoms with Gasteiger partial charge in [0.05, 0.1) is 4.92 Å². The molecule has 0 aromatic heterocycles. The lowest BCUT2D eigenvalue weighted by Gasteiger charge is -2.06. The van der Waals surface area contributed by atoms with Crippen molar-refractivity contribution in [3.63, 3.8) is 0 Å². The minimum Gasteiger partial charge on any atom is -0.258 e. The summed E-state index contributed by atoms with van der Waals surface area (Å²) < 4.78 is 0. The van der Waals surface area contributed by atoms with Crippen molar-refractivity contribution < 1.29 is 4.92 Å². The van der Waals surface area contributed by atoms with Gasteiger partial charge in [-0.25, -0.2) is 0 Å². The van der Waals surface area contributed by atoms with Crippen LogP contribution in [0, 0.1) is 43.9 Å². The van der Waals surface area contributed by atoms with E-state index in [1.54, 1.807) is 13.8 Å². The van der Waals surface area contributed by atoms with E-state index in [1.807, 2.05) is 13.8 Å². The molecular formula is C10H12NO2. The lowest BCUT2D eigenvalue weighted by Crippen LogP contribution is -1.99. The minimum atomic E-state index is -0.321. The summed E-state index contributed by atoms with van der Waals surface area (Å²) in [7, 11) is 0. The first kappa shape index (κ1) is 9.71. The van der Waals surface area contributed by atoms with E-state index in [0.29, 0.717) is 11.1 Å². The van der Waals surface area contributed by atoms with E-state index >= 15 is 0 Å². The number of hydrogen-bond acceptors (Lipinski definition) is 2. The zero-order chi connectivity index (χ0) is 10.2. The quantitative estimate of drug-likeness (QED) is 0.490. The Kier molecular flexibility index (Phi) is 2.36. The first-order valence-electron chi connectivity index (χ1n) is 4.09. The van der Waals surface area contributed by atoms with Gasteiger partial charge in [0.15, 0.2) is 0 Å². The molecule has 0 N–H and O–H groups in total. The molecule has 0 aliphatic carbocycles. The number of aryl methyl sites for hydroxylation is 2. The molecule has 1 aromatic carbocycles. The van der Waals surface area contributed by atoms with E-state index in [0.717, 1.165) is 11.1 Å². The summed E-state index contributed by atoms with van der Waals surface area (Å²) in [5, 5.41) is 10.7. The molecule has 0 aliphatic rings. The van der Waals surface area contributed by atoms with Crippen molar-refractivity contribution in [3.8, 4) is 0 Å². The third-order valence-corrected chi connectivity index (χ3v) is 2.39. The van der Waals surface area contributed by atoms with Crippen LogP contribution in [0.2, 0.25) is 0 Å². The highest BCUT2D eigenvalue weighted by Gasteiger charge is 2.17. The molecule has 0 saturated heterocycles. The topological polar surface area (TPSA) is 43.1 Å². The molecule has 0 fully saturated rings. The summed E-state index contributed by atoms with van der Waals surface area (Å²) in [6.07, 6.45) is 0. The van der Waals surface area contributed by atoms with Gasteiger partial charge in [-0.1, -0.05) is 0 Å². The number of nitrogens with zero attached hydrogens (tertiary/aromatic N) is 1. The fourth-order valence-electron chi connectivity index (χ4n) is 1.38. The molecule has 1 aromatic rings. The molecule has 3 nitrogen and oxygen atoms in total. The van der Waals surface area contributed by atoms with Gasteiger partial charge in [0.2, 0.25) is 0 Å². The van der Waals surface area contributed by atoms with Gasteiger partial charge >= 0.3 is 0 Å². The highest BCUT2D eigenvalue weighted by molar-refractivity contribution is 5.53. The summed E-state index contributed by atoms with van der Waals surface area (Å²) in [5.41, 5.74) is 3.37. The van der Waals surface area contributed by atoms with Crippen molar-refractivity contribution in [2.45, 2.75) is 27.7 Å². The zero-order valence-corrected chi connectivity index (χ0v) is 8.26. The maximum Gasteiger partial charge on any atom is 0.275 e. The summed E-state index contributed by atoms with van der Waals surface area (Å²) in [4.78, 5) is 10.4. The Hall–Kier alpha value is -1.38. The molecule has 3 heteroatoms. The van der Waals surface area contributed by atoms with Crippen molar-refractivity contribution in [2.75, 3.05) is 0 Å². The first-order valence-corrected chi connectivity index (χ1v) is 4.09. The summed E-state index contributed by atoms with van der Waals surface area (Å²) in [5.74, 6) is 0. The summed E-state index contributed by atoms with van der Waals surface area (Å²) in [6.45, 7) is 7.20. The molecule has 1 radical (unpaired) electrons. The Bertz CT molecular complexity index is 343. The van der Waals surface area contributed by atoms with Crippen molar-refractivity contribution >= 4 is 5.69 Å². The molecule has 0 amide bonds. The minimum absolute atomic E-state index is 0.230. The van der Waals surface area contributed by atoms with E-state index in [4.69, 9.17) is 0 Å². The van der Waals surface area contributed by atoms with Crippen LogP contribution in [-0.2, 0) is 0 Å². The van der Waals surface area contributed by atoms with Crippen molar-refractivity contribution in [1.29, 1.82) is 0 Å². The van der Waals surface area contributed by atoms with Crippen molar-refractivity contribution in [3.05, 3.63) is 38.4 Å². The second kappa shape index (κ2) is 3.17. The van der Waals surface area contributed by atoms with Crippen LogP contribution in [0.15, 0.2) is 0 Å². The van der Waals surface area contributed by atoms with Crippen LogP contribution in [0.5, 0.6) is 0 Å². The van der Waals surface area contributed by atoms with E-state index in [9.17, 15) is 10.1 Å². The third-order valence-electron chi connectivity index (χ3n) is 2.39. The molecule has 13 heavy (non-hydrogen) atoms. The van der Waals surface area contributed by atoms with Gasteiger partial charge in [0.1, 0.15) is 0 Å². The SMILES string of the molecule is Cc1[c]c(C)c(C)c([N+](=O)[O-])c1C. The molecule has 69 valence electrons. The van der Waals surface area contributed by atoms with Crippen LogP contribution in [0.1, 0.15) is 22.3 Å². The molecule has 0 heterocycles. The van der Waals surface area contributed by atoms with Crippen LogP contribution in [-0.4, -0.2) is 4.92 Å². The average Bonchev–Trinajstić information content (AvgIpc) is 2.01. The Balaban J connectivity index is 3.56. The van der Waals surface area contributed by atoms with E-state index < -0.39 is 0 Å². The first-order chi connectivity index (χ1) is 5.95. The van der Waals surface area contributed by atoms with Gasteiger partial charge in [-0.2, -0.15) is 0 Å². The molecule has 0 saturated carbocycles. The largest absolute Gasteiger partial charge is 0.275 e. The van der Waals surface area contributed by atoms with Crippen LogP contribution in [0.25, 0.3) is 0 Å². The number of rotatable bonds is 1. The van der Waals surface area contributed by atoms with Gasteiger partial charge in [0, 0.05) is 11.1 Å². The standard InChI is InChI=1S/C10H12NO2/c1-6-5-7(2)9(4)10(8(6)3)11(12)13/h1-4H3. The third kappa shape index (κ3) is 1.54. The molecule has 0 spiro atoms. The zero-order valence-electron chi connectivity index (χ0n) is 8.26. The fraction of sp³-hybridized carbons (Fsp3) is 0.400. The van der Waals surface area contributed by atoms with E-state index in [1.165, 1.54) is 0 Å². The van der Waals surface area contributed by atoms with Gasteiger partial charge in [-0.15, -0.1) is 0 Å². The fourth-order valence-corrected chi connectivity index (χ4v) is 1.38. The predicted octanol–water partition coefficient (Wildman–Crippen LogP) is 2.63. The highest BCUT2D eigenvalue weighted by atomic mass is 16.6. The Morgan fingerprint density at radius 1 is 1.08 bits per heavy atom. The highest BCUT2D eigenvalue weighted by Crippen LogP contribution is 2.27. The van der Waals surface area contributed by atoms with E-state index in [-0.39, 0.29) is 10.6 Å². The molecule has 0 unspecified atom stereocenters. The second-order valence-electron chi connectivity index (χ2n) is 3.23. The Labute approximate surface area is 77.5 Å². The van der Waals surface area contributed by atoms with Crippen LogP contribution in [0.3, 0.4) is 0 Å². The smallest absolute Gasteiger partial charge is 0.258 e. The monoisotopic (exact) mass is 178 g/mol. The van der Waals surface area contributed by atoms with E-state index in [2.05, 4.69) is 6.07 Å². The lowest BCUT2D eigenvalue weighted by molar-refractivity contribution is -0.386. The summed E-state index contributed by atoms with van der Waals surface area (Å²) >= 11 is 0. The maximum atomic E-state index is 10.7. The lowest BCUT2D eigenvalue weighted by atomic mass is 9.99. The van der Waals surface area contributed by atoms with Crippen LogP contribution < -0.4 is 0 Å². The van der Waals surface area contributed by atoms with Crippen molar-refractivity contribution in [2.24, 2.45) is 0 Å². The Morgan fingerprint density at radius 2 is 1.46 bits per heavy atom. The molecular weight excluding hydrogens is 166 g/mol. The molecule has 0 aliphatic heterocycles. The predicted molar refractivity (Wildman–Crippen MR) is 50.9 cm³/mol. The second-order valence-corrected chi connectivity index (χ2v) is 3.23. The number of benzene rings is 1. The van der Waals surface area contributed by atoms with Gasteiger partial charge in [0.25, 0.3) is 5.69 Å². The molecule has 1 rings (SSSR count). The average molecular weight is 178 g/mol. The number of nitro benzene ring substituents is 1. The molecule has 0 bridgehead atoms. The Morgan fingerprint density at radius 3 is 1.77 bits per heavy atom. The van der Waals surface area contributed by atoms with Crippen molar-refractivity contribution in [1.82, 2.24) is 0 Å². The number of hydrogen-bond donors (Lipinski definition) is 0. The normalized spacial score (nSPS) is 10.2. The van der Waals surface area contributed by atoms with Gasteiger partial charge < -0.3 is 0 Å².